The molecule has 122 valence electrons. The van der Waals surface area contributed by atoms with Gasteiger partial charge in [-0.1, -0.05) is 29.8 Å². The molecule has 2 aromatic carbocycles. The lowest BCUT2D eigenvalue weighted by Gasteiger charge is -2.09. The third-order valence-corrected chi connectivity index (χ3v) is 4.45. The van der Waals surface area contributed by atoms with Crippen molar-refractivity contribution in [2.24, 2.45) is 0 Å². The molecule has 0 atom stereocenters. The van der Waals surface area contributed by atoms with Crippen molar-refractivity contribution in [3.8, 4) is 5.75 Å². The average Bonchev–Trinajstić information content (AvgIpc) is 2.56. The Kier molecular flexibility index (Phi) is 6.74. The summed E-state index contributed by atoms with van der Waals surface area (Å²) in [6, 6.07) is 12.1. The van der Waals surface area contributed by atoms with Crippen LogP contribution in [-0.2, 0) is 11.2 Å². The second-order valence-electron chi connectivity index (χ2n) is 4.78. The van der Waals surface area contributed by atoms with Crippen molar-refractivity contribution in [3.05, 3.63) is 58.9 Å². The minimum absolute atomic E-state index is 0.0616. The lowest BCUT2D eigenvalue weighted by atomic mass is 10.1. The molecule has 0 unspecified atom stereocenters. The lowest BCUT2D eigenvalue weighted by Crippen LogP contribution is -2.27. The molecule has 2 rings (SSSR count). The van der Waals surface area contributed by atoms with E-state index in [-0.39, 0.29) is 16.7 Å². The van der Waals surface area contributed by atoms with Gasteiger partial charge in [-0.3, -0.25) is 4.79 Å². The maximum absolute atomic E-state index is 13.1. The van der Waals surface area contributed by atoms with E-state index in [1.807, 2.05) is 24.3 Å². The normalized spacial score (nSPS) is 10.4. The van der Waals surface area contributed by atoms with Crippen molar-refractivity contribution >= 4 is 29.3 Å². The fourth-order valence-electron chi connectivity index (χ4n) is 2.01. The van der Waals surface area contributed by atoms with Gasteiger partial charge in [-0.2, -0.15) is 0 Å². The maximum Gasteiger partial charge on any atom is 0.230 e. The number of thioether (sulfide) groups is 1. The number of rotatable bonds is 7. The number of ether oxygens (including phenoxy) is 1. The molecule has 2 aromatic rings. The summed E-state index contributed by atoms with van der Waals surface area (Å²) in [5, 5.41) is 2.92. The van der Waals surface area contributed by atoms with Crippen LogP contribution in [0.2, 0.25) is 5.02 Å². The molecule has 6 heteroatoms. The second-order valence-corrected chi connectivity index (χ2v) is 6.23. The van der Waals surface area contributed by atoms with E-state index in [2.05, 4.69) is 5.32 Å². The number of amides is 1. The van der Waals surface area contributed by atoms with Crippen LogP contribution < -0.4 is 10.1 Å². The first kappa shape index (κ1) is 17.6. The summed E-state index contributed by atoms with van der Waals surface area (Å²) in [5.74, 6) is 0.535. The van der Waals surface area contributed by atoms with Gasteiger partial charge in [0.1, 0.15) is 11.6 Å². The first-order valence-corrected chi connectivity index (χ1v) is 8.43. The van der Waals surface area contributed by atoms with E-state index in [1.165, 1.54) is 23.9 Å². The van der Waals surface area contributed by atoms with E-state index < -0.39 is 5.82 Å². The molecular formula is C17H17ClFNO2S. The Balaban J connectivity index is 1.76. The van der Waals surface area contributed by atoms with Crippen LogP contribution in [-0.4, -0.2) is 25.3 Å². The van der Waals surface area contributed by atoms with Crippen molar-refractivity contribution < 1.29 is 13.9 Å². The van der Waals surface area contributed by atoms with Crippen LogP contribution in [0.25, 0.3) is 0 Å². The van der Waals surface area contributed by atoms with Gasteiger partial charge in [-0.05, 0) is 36.2 Å². The molecule has 0 bridgehead atoms. The van der Waals surface area contributed by atoms with Crippen LogP contribution in [0.15, 0.2) is 47.4 Å². The molecule has 0 aliphatic rings. The molecular weight excluding hydrogens is 337 g/mol. The van der Waals surface area contributed by atoms with Gasteiger partial charge in [0.15, 0.2) is 0 Å². The molecule has 0 fully saturated rings. The highest BCUT2D eigenvalue weighted by atomic mass is 35.5. The highest BCUT2D eigenvalue weighted by Crippen LogP contribution is 2.23. The number of nitrogens with one attached hydrogen (secondary N) is 1. The first-order valence-electron chi connectivity index (χ1n) is 7.06. The average molecular weight is 354 g/mol. The molecule has 0 saturated carbocycles. The molecule has 0 heterocycles. The predicted octanol–water partition coefficient (Wildman–Crippen LogP) is 3.94. The highest BCUT2D eigenvalue weighted by Gasteiger charge is 2.06. The molecule has 0 saturated heterocycles. The third-order valence-electron chi connectivity index (χ3n) is 3.17. The zero-order valence-electron chi connectivity index (χ0n) is 12.6. The minimum atomic E-state index is -0.461. The van der Waals surface area contributed by atoms with Crippen LogP contribution in [0.4, 0.5) is 4.39 Å². The Bertz CT molecular complexity index is 681. The summed E-state index contributed by atoms with van der Waals surface area (Å²) in [6.07, 6.45) is 0.697. The van der Waals surface area contributed by atoms with Gasteiger partial charge in [0.05, 0.1) is 17.9 Å². The number of benzene rings is 2. The molecule has 1 N–H and O–H groups in total. The monoisotopic (exact) mass is 353 g/mol. The van der Waals surface area contributed by atoms with E-state index in [9.17, 15) is 9.18 Å². The van der Waals surface area contributed by atoms with Crippen molar-refractivity contribution in [2.75, 3.05) is 19.4 Å². The molecule has 3 nitrogen and oxygen atoms in total. The number of hydrogen-bond acceptors (Lipinski definition) is 3. The number of para-hydroxylation sites is 1. The Morgan fingerprint density at radius 3 is 2.83 bits per heavy atom. The minimum Gasteiger partial charge on any atom is -0.496 e. The van der Waals surface area contributed by atoms with Crippen molar-refractivity contribution in [3.63, 3.8) is 0 Å². The van der Waals surface area contributed by atoms with E-state index in [1.54, 1.807) is 13.2 Å². The van der Waals surface area contributed by atoms with Crippen LogP contribution in [0.1, 0.15) is 5.56 Å². The zero-order valence-corrected chi connectivity index (χ0v) is 14.2. The van der Waals surface area contributed by atoms with Crippen LogP contribution in [0, 0.1) is 5.82 Å². The number of carbonyl (C=O) groups excluding carboxylic acids is 1. The van der Waals surface area contributed by atoms with Crippen molar-refractivity contribution in [1.82, 2.24) is 5.32 Å². The SMILES string of the molecule is COc1ccccc1CCNC(=O)CSc1ccc(F)c(Cl)c1. The quantitative estimate of drug-likeness (QED) is 0.766. The summed E-state index contributed by atoms with van der Waals surface area (Å²) >= 11 is 7.03. The Hall–Kier alpha value is -1.72. The Labute approximate surface area is 144 Å². The fraction of sp³-hybridized carbons (Fsp3) is 0.235. The van der Waals surface area contributed by atoms with E-state index >= 15 is 0 Å². The molecule has 0 aliphatic carbocycles. The number of carbonyl (C=O) groups is 1. The summed E-state index contributed by atoms with van der Waals surface area (Å²) in [4.78, 5) is 12.6. The number of methoxy groups -OCH3 is 1. The molecule has 0 aliphatic heterocycles. The summed E-state index contributed by atoms with van der Waals surface area (Å²) in [7, 11) is 1.63. The molecule has 0 radical (unpaired) electrons. The second kappa shape index (κ2) is 8.79. The molecule has 1 amide bonds. The van der Waals surface area contributed by atoms with Crippen molar-refractivity contribution in [1.29, 1.82) is 0 Å². The third kappa shape index (κ3) is 5.44. The number of hydrogen-bond donors (Lipinski definition) is 1. The Morgan fingerprint density at radius 1 is 1.30 bits per heavy atom. The fourth-order valence-corrected chi connectivity index (χ4v) is 3.02. The van der Waals surface area contributed by atoms with Crippen LogP contribution in [0.5, 0.6) is 5.75 Å². The van der Waals surface area contributed by atoms with Crippen LogP contribution >= 0.6 is 23.4 Å². The summed E-state index contributed by atoms with van der Waals surface area (Å²) in [5.41, 5.74) is 1.05. The maximum atomic E-state index is 13.1. The molecule has 0 spiro atoms. The van der Waals surface area contributed by atoms with E-state index in [4.69, 9.17) is 16.3 Å². The van der Waals surface area contributed by atoms with E-state index in [0.717, 1.165) is 16.2 Å². The van der Waals surface area contributed by atoms with Gasteiger partial charge in [0.25, 0.3) is 0 Å². The van der Waals surface area contributed by atoms with Gasteiger partial charge < -0.3 is 10.1 Å². The standard InChI is InChI=1S/C17H17ClFNO2S/c1-22-16-5-3-2-4-12(16)8-9-20-17(21)11-23-13-6-7-15(19)14(18)10-13/h2-7,10H,8-9,11H2,1H3,(H,20,21). The molecule has 0 aromatic heterocycles. The van der Waals surface area contributed by atoms with Gasteiger partial charge in [0, 0.05) is 11.4 Å². The lowest BCUT2D eigenvalue weighted by molar-refractivity contribution is -0.118. The first-order chi connectivity index (χ1) is 11.1. The summed E-state index contributed by atoms with van der Waals surface area (Å²) < 4.78 is 18.3. The summed E-state index contributed by atoms with van der Waals surface area (Å²) in [6.45, 7) is 0.532. The highest BCUT2D eigenvalue weighted by molar-refractivity contribution is 8.00. The smallest absolute Gasteiger partial charge is 0.230 e. The van der Waals surface area contributed by atoms with Gasteiger partial charge in [-0.15, -0.1) is 11.8 Å². The van der Waals surface area contributed by atoms with Gasteiger partial charge >= 0.3 is 0 Å². The van der Waals surface area contributed by atoms with E-state index in [0.29, 0.717) is 13.0 Å². The van der Waals surface area contributed by atoms with Crippen LogP contribution in [0.3, 0.4) is 0 Å². The topological polar surface area (TPSA) is 38.3 Å². The largest absolute Gasteiger partial charge is 0.496 e. The van der Waals surface area contributed by atoms with Crippen molar-refractivity contribution in [2.45, 2.75) is 11.3 Å². The molecule has 23 heavy (non-hydrogen) atoms. The number of halogens is 2. The predicted molar refractivity (Wildman–Crippen MR) is 91.8 cm³/mol. The zero-order chi connectivity index (χ0) is 16.7. The Morgan fingerprint density at radius 2 is 2.09 bits per heavy atom. The van der Waals surface area contributed by atoms with Gasteiger partial charge in [0.2, 0.25) is 5.91 Å². The van der Waals surface area contributed by atoms with Gasteiger partial charge in [-0.25, -0.2) is 4.39 Å².